The van der Waals surface area contributed by atoms with E-state index in [1.165, 1.54) is 6.08 Å². The summed E-state index contributed by atoms with van der Waals surface area (Å²) in [6, 6.07) is 7.31. The molecule has 0 saturated carbocycles. The second kappa shape index (κ2) is 7.60. The van der Waals surface area contributed by atoms with Crippen LogP contribution in [0.1, 0.15) is 5.76 Å². The molecule has 1 aliphatic rings. The van der Waals surface area contributed by atoms with Gasteiger partial charge in [-0.2, -0.15) is 0 Å². The minimum atomic E-state index is -0.223. The average molecular weight is 425 g/mol. The molecule has 0 atom stereocenters. The van der Waals surface area contributed by atoms with Gasteiger partial charge in [0, 0.05) is 25.4 Å². The summed E-state index contributed by atoms with van der Waals surface area (Å²) in [5.74, 6) is 1.19. The van der Waals surface area contributed by atoms with E-state index in [1.54, 1.807) is 18.3 Å². The van der Waals surface area contributed by atoms with Crippen molar-refractivity contribution in [3.05, 3.63) is 46.1 Å². The van der Waals surface area contributed by atoms with Crippen LogP contribution in [0.3, 0.4) is 0 Å². The van der Waals surface area contributed by atoms with Gasteiger partial charge in [0.2, 0.25) is 5.91 Å². The van der Waals surface area contributed by atoms with E-state index >= 15 is 0 Å². The Morgan fingerprint density at radius 2 is 2.13 bits per heavy atom. The van der Waals surface area contributed by atoms with Gasteiger partial charge >= 0.3 is 0 Å². The zero-order valence-corrected chi connectivity index (χ0v) is 14.5. The number of hydrogen-bond donors (Lipinski definition) is 1. The molecule has 1 fully saturated rings. The van der Waals surface area contributed by atoms with Crippen LogP contribution in [0.4, 0.5) is 11.5 Å². The van der Waals surface area contributed by atoms with Crippen molar-refractivity contribution in [3.8, 4) is 0 Å². The zero-order valence-electron chi connectivity index (χ0n) is 12.4. The molecule has 2 aromatic heterocycles. The second-order valence-electron chi connectivity index (χ2n) is 4.94. The molecule has 1 amide bonds. The fourth-order valence-corrected chi connectivity index (χ4v) is 2.71. The van der Waals surface area contributed by atoms with Gasteiger partial charge in [0.15, 0.2) is 9.58 Å². The van der Waals surface area contributed by atoms with Gasteiger partial charge in [0.1, 0.15) is 5.76 Å². The minimum absolute atomic E-state index is 0.223. The van der Waals surface area contributed by atoms with Gasteiger partial charge < -0.3 is 19.4 Å². The lowest BCUT2D eigenvalue weighted by Crippen LogP contribution is -2.37. The molecule has 0 bridgehead atoms. The summed E-state index contributed by atoms with van der Waals surface area (Å²) in [4.78, 5) is 18.6. The molecule has 23 heavy (non-hydrogen) atoms. The van der Waals surface area contributed by atoms with Crippen LogP contribution in [0.15, 0.2) is 41.0 Å². The standard InChI is InChI=1S/C16H16IN3O3/c17-14-5-3-12(23-14)4-6-15(21)19-13-2-1-7-18-16(13)20-8-10-22-11-9-20/h1-7H,8-11H2,(H,19,21). The van der Waals surface area contributed by atoms with Crippen molar-refractivity contribution in [1.29, 1.82) is 0 Å². The van der Waals surface area contributed by atoms with E-state index in [2.05, 4.69) is 37.8 Å². The Balaban J connectivity index is 1.69. The van der Waals surface area contributed by atoms with E-state index in [0.717, 1.165) is 22.7 Å². The second-order valence-corrected chi connectivity index (χ2v) is 6.00. The third-order valence-corrected chi connectivity index (χ3v) is 3.93. The topological polar surface area (TPSA) is 67.6 Å². The maximum Gasteiger partial charge on any atom is 0.248 e. The lowest BCUT2D eigenvalue weighted by atomic mass is 10.3. The number of anilines is 2. The number of pyridine rings is 1. The van der Waals surface area contributed by atoms with Crippen LogP contribution in [0.2, 0.25) is 0 Å². The number of hydrogen-bond acceptors (Lipinski definition) is 5. The molecule has 3 rings (SSSR count). The SMILES string of the molecule is O=C(C=Cc1ccc(I)o1)Nc1cccnc1N1CCOCC1. The van der Waals surface area contributed by atoms with Crippen molar-refractivity contribution in [1.82, 2.24) is 4.98 Å². The van der Waals surface area contributed by atoms with Crippen LogP contribution in [0, 0.1) is 3.77 Å². The number of carbonyl (C=O) groups excluding carboxylic acids is 1. The maximum atomic E-state index is 12.1. The van der Waals surface area contributed by atoms with Gasteiger partial charge in [0.05, 0.1) is 18.9 Å². The van der Waals surface area contributed by atoms with Crippen LogP contribution in [-0.2, 0) is 9.53 Å². The first kappa shape index (κ1) is 16.0. The summed E-state index contributed by atoms with van der Waals surface area (Å²) >= 11 is 2.08. The Morgan fingerprint density at radius 1 is 1.30 bits per heavy atom. The van der Waals surface area contributed by atoms with Crippen molar-refractivity contribution in [2.45, 2.75) is 0 Å². The normalized spacial score (nSPS) is 15.1. The number of carbonyl (C=O) groups is 1. The average Bonchev–Trinajstić information content (AvgIpc) is 3.00. The number of morpholine rings is 1. The summed E-state index contributed by atoms with van der Waals surface area (Å²) in [6.07, 6.45) is 4.81. The zero-order chi connectivity index (χ0) is 16.1. The highest BCUT2D eigenvalue weighted by Crippen LogP contribution is 2.23. The molecule has 0 aliphatic carbocycles. The van der Waals surface area contributed by atoms with Gasteiger partial charge in [-0.25, -0.2) is 4.98 Å². The highest BCUT2D eigenvalue weighted by Gasteiger charge is 2.16. The fraction of sp³-hybridized carbons (Fsp3) is 0.250. The molecule has 6 nitrogen and oxygen atoms in total. The van der Waals surface area contributed by atoms with Crippen molar-refractivity contribution >= 4 is 46.1 Å². The summed E-state index contributed by atoms with van der Waals surface area (Å²) in [5.41, 5.74) is 0.693. The summed E-state index contributed by atoms with van der Waals surface area (Å²) in [7, 11) is 0. The number of halogens is 1. The Morgan fingerprint density at radius 3 is 2.87 bits per heavy atom. The molecular formula is C16H16IN3O3. The van der Waals surface area contributed by atoms with E-state index in [4.69, 9.17) is 9.15 Å². The quantitative estimate of drug-likeness (QED) is 0.603. The maximum absolute atomic E-state index is 12.1. The summed E-state index contributed by atoms with van der Waals surface area (Å²) in [5, 5.41) is 2.87. The van der Waals surface area contributed by atoms with Crippen LogP contribution < -0.4 is 10.2 Å². The summed E-state index contributed by atoms with van der Waals surface area (Å²) < 4.78 is 11.5. The Hall–Kier alpha value is -1.87. The minimum Gasteiger partial charge on any atom is -0.451 e. The van der Waals surface area contributed by atoms with Crippen LogP contribution in [0.5, 0.6) is 0 Å². The molecule has 1 N–H and O–H groups in total. The van der Waals surface area contributed by atoms with Gasteiger partial charge in [0.25, 0.3) is 0 Å². The lowest BCUT2D eigenvalue weighted by molar-refractivity contribution is -0.111. The largest absolute Gasteiger partial charge is 0.451 e. The van der Waals surface area contributed by atoms with Gasteiger partial charge in [-0.15, -0.1) is 0 Å². The molecule has 7 heteroatoms. The third kappa shape index (κ3) is 4.32. The first-order chi connectivity index (χ1) is 11.2. The number of amides is 1. The van der Waals surface area contributed by atoms with Crippen LogP contribution >= 0.6 is 22.6 Å². The molecule has 1 aliphatic heterocycles. The van der Waals surface area contributed by atoms with Crippen molar-refractivity contribution in [3.63, 3.8) is 0 Å². The van der Waals surface area contributed by atoms with Gasteiger partial charge in [-0.05, 0) is 52.9 Å². The number of aromatic nitrogens is 1. The molecule has 3 heterocycles. The lowest BCUT2D eigenvalue weighted by Gasteiger charge is -2.29. The first-order valence-corrected chi connectivity index (χ1v) is 8.32. The van der Waals surface area contributed by atoms with E-state index in [9.17, 15) is 4.79 Å². The Kier molecular flexibility index (Phi) is 5.29. The van der Waals surface area contributed by atoms with Crippen LogP contribution in [-0.4, -0.2) is 37.2 Å². The molecule has 1 saturated heterocycles. The smallest absolute Gasteiger partial charge is 0.248 e. The summed E-state index contributed by atoms with van der Waals surface area (Å²) in [6.45, 7) is 2.86. The Bertz CT molecular complexity index is 708. The number of ether oxygens (including phenoxy) is 1. The van der Waals surface area contributed by atoms with E-state index in [-0.39, 0.29) is 5.91 Å². The number of furan rings is 1. The van der Waals surface area contributed by atoms with Gasteiger partial charge in [-0.3, -0.25) is 4.79 Å². The van der Waals surface area contributed by atoms with E-state index in [0.29, 0.717) is 24.7 Å². The number of nitrogens with one attached hydrogen (secondary N) is 1. The molecule has 0 spiro atoms. The van der Waals surface area contributed by atoms with Crippen LogP contribution in [0.25, 0.3) is 6.08 Å². The Labute approximate surface area is 147 Å². The highest BCUT2D eigenvalue weighted by molar-refractivity contribution is 14.1. The molecule has 2 aromatic rings. The predicted octanol–water partition coefficient (Wildman–Crippen LogP) is 2.77. The van der Waals surface area contributed by atoms with Crippen molar-refractivity contribution in [2.24, 2.45) is 0 Å². The molecule has 120 valence electrons. The third-order valence-electron chi connectivity index (χ3n) is 3.35. The van der Waals surface area contributed by atoms with Gasteiger partial charge in [-0.1, -0.05) is 0 Å². The number of rotatable bonds is 4. The molecular weight excluding hydrogens is 409 g/mol. The fourth-order valence-electron chi connectivity index (χ4n) is 2.27. The highest BCUT2D eigenvalue weighted by atomic mass is 127. The number of nitrogens with zero attached hydrogens (tertiary/aromatic N) is 2. The van der Waals surface area contributed by atoms with Crippen molar-refractivity contribution in [2.75, 3.05) is 36.5 Å². The van der Waals surface area contributed by atoms with E-state index < -0.39 is 0 Å². The first-order valence-electron chi connectivity index (χ1n) is 7.24. The molecule has 0 unspecified atom stereocenters. The predicted molar refractivity (Wildman–Crippen MR) is 96.4 cm³/mol. The molecule has 0 radical (unpaired) electrons. The molecule has 0 aromatic carbocycles. The van der Waals surface area contributed by atoms with E-state index in [1.807, 2.05) is 18.2 Å². The monoisotopic (exact) mass is 425 g/mol. The van der Waals surface area contributed by atoms with Crippen molar-refractivity contribution < 1.29 is 13.9 Å².